The molecule has 0 amide bonds. The van der Waals surface area contributed by atoms with E-state index in [1.54, 1.807) is 12.1 Å². The van der Waals surface area contributed by atoms with E-state index in [-0.39, 0.29) is 5.82 Å². The van der Waals surface area contributed by atoms with E-state index in [4.69, 9.17) is 4.42 Å². The molecular weight excluding hydrogens is 249 g/mol. The summed E-state index contributed by atoms with van der Waals surface area (Å²) in [4.78, 5) is 0. The van der Waals surface area contributed by atoms with Gasteiger partial charge in [0.15, 0.2) is 0 Å². The molecule has 4 heteroatoms. The van der Waals surface area contributed by atoms with Crippen molar-refractivity contribution >= 4 is 11.8 Å². The molecule has 2 nitrogen and oxygen atoms in total. The van der Waals surface area contributed by atoms with E-state index in [2.05, 4.69) is 11.6 Å². The molecule has 1 N–H and O–H groups in total. The van der Waals surface area contributed by atoms with Crippen LogP contribution in [0.5, 0.6) is 0 Å². The molecule has 0 atom stereocenters. The number of benzene rings is 1. The van der Waals surface area contributed by atoms with Crippen LogP contribution in [0.1, 0.15) is 5.76 Å². The Morgan fingerprint density at radius 2 is 1.94 bits per heavy atom. The SMILES string of the molecule is CSCCNCc1ccc(-c2ccc(F)cc2)o1. The first-order valence-electron chi connectivity index (χ1n) is 5.84. The lowest BCUT2D eigenvalue weighted by atomic mass is 10.2. The molecule has 0 aliphatic heterocycles. The fourth-order valence-electron chi connectivity index (χ4n) is 1.63. The van der Waals surface area contributed by atoms with Gasteiger partial charge in [-0.1, -0.05) is 0 Å². The minimum absolute atomic E-state index is 0.232. The minimum atomic E-state index is -0.232. The Bertz CT molecular complexity index is 481. The number of hydrogen-bond acceptors (Lipinski definition) is 3. The first-order chi connectivity index (χ1) is 8.79. The molecule has 18 heavy (non-hydrogen) atoms. The summed E-state index contributed by atoms with van der Waals surface area (Å²) in [5, 5.41) is 3.30. The Labute approximate surface area is 111 Å². The van der Waals surface area contributed by atoms with E-state index in [1.807, 2.05) is 23.9 Å². The quantitative estimate of drug-likeness (QED) is 0.809. The maximum atomic E-state index is 12.8. The maximum Gasteiger partial charge on any atom is 0.134 e. The largest absolute Gasteiger partial charge is 0.460 e. The van der Waals surface area contributed by atoms with Crippen molar-refractivity contribution in [1.29, 1.82) is 0 Å². The van der Waals surface area contributed by atoms with Crippen molar-refractivity contribution in [2.24, 2.45) is 0 Å². The second kappa shape index (κ2) is 6.61. The maximum absolute atomic E-state index is 12.8. The van der Waals surface area contributed by atoms with Crippen LogP contribution in [0.3, 0.4) is 0 Å². The summed E-state index contributed by atoms with van der Waals surface area (Å²) in [6.45, 7) is 1.69. The van der Waals surface area contributed by atoms with Gasteiger partial charge in [-0.3, -0.25) is 0 Å². The third-order valence-corrected chi connectivity index (χ3v) is 3.18. The number of nitrogens with one attached hydrogen (secondary N) is 1. The van der Waals surface area contributed by atoms with Crippen LogP contribution in [-0.2, 0) is 6.54 Å². The van der Waals surface area contributed by atoms with Gasteiger partial charge < -0.3 is 9.73 Å². The molecule has 1 heterocycles. The van der Waals surface area contributed by atoms with Crippen LogP contribution in [0.25, 0.3) is 11.3 Å². The first-order valence-corrected chi connectivity index (χ1v) is 7.23. The molecule has 0 saturated heterocycles. The van der Waals surface area contributed by atoms with Crippen LogP contribution >= 0.6 is 11.8 Å². The van der Waals surface area contributed by atoms with Crippen molar-refractivity contribution in [2.45, 2.75) is 6.54 Å². The van der Waals surface area contributed by atoms with Gasteiger partial charge in [-0.25, -0.2) is 4.39 Å². The molecule has 1 aromatic heterocycles. The smallest absolute Gasteiger partial charge is 0.134 e. The molecule has 0 aliphatic rings. The molecule has 0 spiro atoms. The average Bonchev–Trinajstić information content (AvgIpc) is 2.84. The van der Waals surface area contributed by atoms with Crippen LogP contribution in [0, 0.1) is 5.82 Å². The van der Waals surface area contributed by atoms with Crippen molar-refractivity contribution in [1.82, 2.24) is 5.32 Å². The minimum Gasteiger partial charge on any atom is -0.460 e. The zero-order valence-electron chi connectivity index (χ0n) is 10.3. The van der Waals surface area contributed by atoms with Crippen molar-refractivity contribution < 1.29 is 8.81 Å². The summed E-state index contributed by atoms with van der Waals surface area (Å²) < 4.78 is 18.5. The predicted octanol–water partition coefficient (Wildman–Crippen LogP) is 3.54. The van der Waals surface area contributed by atoms with E-state index in [0.717, 1.165) is 35.9 Å². The molecule has 0 aliphatic carbocycles. The molecule has 2 rings (SSSR count). The monoisotopic (exact) mass is 265 g/mol. The molecule has 0 fully saturated rings. The summed E-state index contributed by atoms with van der Waals surface area (Å²) in [5.41, 5.74) is 0.895. The lowest BCUT2D eigenvalue weighted by Gasteiger charge is -2.00. The molecule has 0 bridgehead atoms. The van der Waals surface area contributed by atoms with Gasteiger partial charge >= 0.3 is 0 Å². The van der Waals surface area contributed by atoms with Crippen molar-refractivity contribution in [3.05, 3.63) is 48.0 Å². The number of hydrogen-bond donors (Lipinski definition) is 1. The Balaban J connectivity index is 1.95. The van der Waals surface area contributed by atoms with Crippen molar-refractivity contribution in [3.8, 4) is 11.3 Å². The van der Waals surface area contributed by atoms with Crippen LogP contribution in [0.2, 0.25) is 0 Å². The number of halogens is 1. The first kappa shape index (κ1) is 13.2. The summed E-state index contributed by atoms with van der Waals surface area (Å²) in [5.74, 6) is 2.53. The number of thioether (sulfide) groups is 1. The Morgan fingerprint density at radius 3 is 2.67 bits per heavy atom. The highest BCUT2D eigenvalue weighted by Gasteiger charge is 2.04. The number of rotatable bonds is 6. The fraction of sp³-hybridized carbons (Fsp3) is 0.286. The molecule has 2 aromatic rings. The molecule has 96 valence electrons. The zero-order chi connectivity index (χ0) is 12.8. The average molecular weight is 265 g/mol. The van der Waals surface area contributed by atoms with Gasteiger partial charge in [0.05, 0.1) is 6.54 Å². The Kier molecular flexibility index (Phi) is 4.84. The van der Waals surface area contributed by atoms with Crippen LogP contribution in [0.4, 0.5) is 4.39 Å². The third kappa shape index (κ3) is 3.62. The normalized spacial score (nSPS) is 10.8. The third-order valence-electron chi connectivity index (χ3n) is 2.57. The molecule has 0 radical (unpaired) electrons. The summed E-state index contributed by atoms with van der Waals surface area (Å²) in [6.07, 6.45) is 2.08. The van der Waals surface area contributed by atoms with E-state index < -0.39 is 0 Å². The van der Waals surface area contributed by atoms with E-state index >= 15 is 0 Å². The van der Waals surface area contributed by atoms with Crippen LogP contribution in [0.15, 0.2) is 40.8 Å². The van der Waals surface area contributed by atoms with Gasteiger partial charge in [-0.15, -0.1) is 0 Å². The Hall–Kier alpha value is -1.26. The number of furan rings is 1. The van der Waals surface area contributed by atoms with Crippen LogP contribution in [-0.4, -0.2) is 18.6 Å². The molecular formula is C14H16FNOS. The van der Waals surface area contributed by atoms with Crippen LogP contribution < -0.4 is 5.32 Å². The second-order valence-corrected chi connectivity index (χ2v) is 4.93. The lowest BCUT2D eigenvalue weighted by Crippen LogP contribution is -2.15. The van der Waals surface area contributed by atoms with Crippen molar-refractivity contribution in [3.63, 3.8) is 0 Å². The highest BCUT2D eigenvalue weighted by Crippen LogP contribution is 2.22. The van der Waals surface area contributed by atoms with E-state index in [0.29, 0.717) is 0 Å². The lowest BCUT2D eigenvalue weighted by molar-refractivity contribution is 0.499. The van der Waals surface area contributed by atoms with Gasteiger partial charge in [-0.2, -0.15) is 11.8 Å². The highest BCUT2D eigenvalue weighted by molar-refractivity contribution is 7.98. The van der Waals surface area contributed by atoms with Gasteiger partial charge in [-0.05, 0) is 42.7 Å². The molecule has 0 saturated carbocycles. The summed E-state index contributed by atoms with van der Waals surface area (Å²) >= 11 is 1.81. The zero-order valence-corrected chi connectivity index (χ0v) is 11.1. The van der Waals surface area contributed by atoms with Crippen molar-refractivity contribution in [2.75, 3.05) is 18.6 Å². The second-order valence-electron chi connectivity index (χ2n) is 3.94. The van der Waals surface area contributed by atoms with Gasteiger partial charge in [0.1, 0.15) is 17.3 Å². The standard InChI is InChI=1S/C14H16FNOS/c1-18-9-8-16-10-13-6-7-14(17-13)11-2-4-12(15)5-3-11/h2-7,16H,8-10H2,1H3. The molecule has 1 aromatic carbocycles. The predicted molar refractivity (Wildman–Crippen MR) is 74.2 cm³/mol. The van der Waals surface area contributed by atoms with Gasteiger partial charge in [0, 0.05) is 17.9 Å². The summed E-state index contributed by atoms with van der Waals surface area (Å²) in [6, 6.07) is 10.2. The van der Waals surface area contributed by atoms with E-state index in [9.17, 15) is 4.39 Å². The highest BCUT2D eigenvalue weighted by atomic mass is 32.2. The van der Waals surface area contributed by atoms with E-state index in [1.165, 1.54) is 12.1 Å². The topological polar surface area (TPSA) is 25.2 Å². The van der Waals surface area contributed by atoms with Gasteiger partial charge in [0.25, 0.3) is 0 Å². The fourth-order valence-corrected chi connectivity index (χ4v) is 1.98. The Morgan fingerprint density at radius 1 is 1.17 bits per heavy atom. The molecule has 0 unspecified atom stereocenters. The van der Waals surface area contributed by atoms with Gasteiger partial charge in [0.2, 0.25) is 0 Å². The summed E-state index contributed by atoms with van der Waals surface area (Å²) in [7, 11) is 0.